The van der Waals surface area contributed by atoms with Crippen LogP contribution in [-0.2, 0) is 0 Å². The van der Waals surface area contributed by atoms with E-state index >= 15 is 0 Å². The monoisotopic (exact) mass is 215 g/mol. The summed E-state index contributed by atoms with van der Waals surface area (Å²) in [4.78, 5) is 0. The molecule has 0 spiro atoms. The van der Waals surface area contributed by atoms with Crippen LogP contribution in [0.15, 0.2) is 18.2 Å². The van der Waals surface area contributed by atoms with Gasteiger partial charge in [-0.25, -0.2) is 8.78 Å². The highest BCUT2D eigenvalue weighted by atomic mass is 19.1. The minimum absolute atomic E-state index is 0.0204. The molecule has 0 aliphatic carbocycles. The Hall–Kier alpha value is -1.00. The number of aliphatic hydroxyl groups excluding tert-OH is 1. The lowest BCUT2D eigenvalue weighted by Crippen LogP contribution is -2.24. The van der Waals surface area contributed by atoms with Crippen molar-refractivity contribution in [1.29, 1.82) is 0 Å². The fourth-order valence-corrected chi connectivity index (χ4v) is 1.49. The van der Waals surface area contributed by atoms with Crippen LogP contribution in [0.1, 0.15) is 24.9 Å². The first-order valence-electron chi connectivity index (χ1n) is 4.98. The second-order valence-corrected chi connectivity index (χ2v) is 3.30. The molecule has 1 aromatic rings. The predicted octanol–water partition coefficient (Wildman–Crippen LogP) is 2.00. The Labute approximate surface area is 87.9 Å². The van der Waals surface area contributed by atoms with E-state index in [0.29, 0.717) is 18.5 Å². The van der Waals surface area contributed by atoms with E-state index < -0.39 is 11.6 Å². The van der Waals surface area contributed by atoms with E-state index in [-0.39, 0.29) is 12.6 Å². The average Bonchev–Trinajstić information content (AvgIpc) is 2.24. The minimum atomic E-state index is -0.448. The maximum Gasteiger partial charge on any atom is 0.128 e. The molecule has 1 unspecified atom stereocenters. The van der Waals surface area contributed by atoms with Crippen LogP contribution in [0.4, 0.5) is 8.78 Å². The molecule has 0 amide bonds. The van der Waals surface area contributed by atoms with E-state index in [1.165, 1.54) is 6.07 Å². The standard InChI is InChI=1S/C11H15F2NO/c1-2-11(14-5-6-15)9-7-8(12)3-4-10(9)13/h3-4,7,11,14-15H,2,5-6H2,1H3. The zero-order valence-electron chi connectivity index (χ0n) is 8.63. The number of nitrogens with one attached hydrogen (secondary N) is 1. The van der Waals surface area contributed by atoms with Crippen molar-refractivity contribution in [3.63, 3.8) is 0 Å². The molecule has 0 aromatic heterocycles. The van der Waals surface area contributed by atoms with Gasteiger partial charge in [0.05, 0.1) is 6.61 Å². The van der Waals surface area contributed by atoms with Gasteiger partial charge in [-0.05, 0) is 24.6 Å². The number of hydrogen-bond acceptors (Lipinski definition) is 2. The highest BCUT2D eigenvalue weighted by Gasteiger charge is 2.13. The molecule has 0 bridgehead atoms. The van der Waals surface area contributed by atoms with Gasteiger partial charge in [0.2, 0.25) is 0 Å². The molecule has 2 N–H and O–H groups in total. The van der Waals surface area contributed by atoms with Crippen molar-refractivity contribution in [1.82, 2.24) is 5.32 Å². The largest absolute Gasteiger partial charge is 0.395 e. The van der Waals surface area contributed by atoms with Crippen molar-refractivity contribution < 1.29 is 13.9 Å². The molecular formula is C11H15F2NO. The highest BCUT2D eigenvalue weighted by molar-refractivity contribution is 5.22. The van der Waals surface area contributed by atoms with Crippen molar-refractivity contribution in [2.24, 2.45) is 0 Å². The molecule has 1 aromatic carbocycles. The fraction of sp³-hybridized carbons (Fsp3) is 0.455. The zero-order valence-corrected chi connectivity index (χ0v) is 8.63. The Morgan fingerprint density at radius 2 is 2.13 bits per heavy atom. The van der Waals surface area contributed by atoms with Crippen molar-refractivity contribution in [3.05, 3.63) is 35.4 Å². The Morgan fingerprint density at radius 3 is 2.73 bits per heavy atom. The summed E-state index contributed by atoms with van der Waals surface area (Å²) >= 11 is 0. The summed E-state index contributed by atoms with van der Waals surface area (Å²) in [7, 11) is 0. The van der Waals surface area contributed by atoms with Crippen LogP contribution < -0.4 is 5.32 Å². The fourth-order valence-electron chi connectivity index (χ4n) is 1.49. The van der Waals surface area contributed by atoms with E-state index in [4.69, 9.17) is 5.11 Å². The molecule has 0 radical (unpaired) electrons. The van der Waals surface area contributed by atoms with Crippen molar-refractivity contribution in [2.75, 3.05) is 13.2 Å². The van der Waals surface area contributed by atoms with Crippen LogP contribution in [0.2, 0.25) is 0 Å². The van der Waals surface area contributed by atoms with Gasteiger partial charge in [-0.2, -0.15) is 0 Å². The topological polar surface area (TPSA) is 32.3 Å². The van der Waals surface area contributed by atoms with Crippen molar-refractivity contribution >= 4 is 0 Å². The lowest BCUT2D eigenvalue weighted by molar-refractivity contribution is 0.282. The van der Waals surface area contributed by atoms with Gasteiger partial charge in [-0.15, -0.1) is 0 Å². The summed E-state index contributed by atoms with van der Waals surface area (Å²) in [6.45, 7) is 2.22. The zero-order chi connectivity index (χ0) is 11.3. The molecule has 0 aliphatic rings. The second-order valence-electron chi connectivity index (χ2n) is 3.30. The molecule has 2 nitrogen and oxygen atoms in total. The quantitative estimate of drug-likeness (QED) is 0.787. The van der Waals surface area contributed by atoms with Crippen LogP contribution in [-0.4, -0.2) is 18.3 Å². The van der Waals surface area contributed by atoms with E-state index in [2.05, 4.69) is 5.32 Å². The normalized spacial score (nSPS) is 12.8. The number of rotatable bonds is 5. The lowest BCUT2D eigenvalue weighted by atomic mass is 10.0. The van der Waals surface area contributed by atoms with Crippen LogP contribution in [0.25, 0.3) is 0 Å². The second kappa shape index (κ2) is 5.78. The van der Waals surface area contributed by atoms with Crippen LogP contribution >= 0.6 is 0 Å². The van der Waals surface area contributed by atoms with Crippen LogP contribution in [0, 0.1) is 11.6 Å². The Morgan fingerprint density at radius 1 is 1.40 bits per heavy atom. The van der Waals surface area contributed by atoms with Gasteiger partial charge in [0, 0.05) is 18.2 Å². The third-order valence-corrected chi connectivity index (χ3v) is 2.24. The average molecular weight is 215 g/mol. The first-order chi connectivity index (χ1) is 7.19. The molecule has 0 aliphatic heterocycles. The molecule has 15 heavy (non-hydrogen) atoms. The molecule has 84 valence electrons. The van der Waals surface area contributed by atoms with Gasteiger partial charge < -0.3 is 10.4 Å². The summed E-state index contributed by atoms with van der Waals surface area (Å²) < 4.78 is 26.3. The van der Waals surface area contributed by atoms with E-state index in [9.17, 15) is 8.78 Å². The smallest absolute Gasteiger partial charge is 0.128 e. The SMILES string of the molecule is CCC(NCCO)c1cc(F)ccc1F. The summed E-state index contributed by atoms with van der Waals surface area (Å²) in [6, 6.07) is 3.15. The first-order valence-corrected chi connectivity index (χ1v) is 4.98. The summed E-state index contributed by atoms with van der Waals surface area (Å²) in [5, 5.41) is 11.6. The molecule has 1 rings (SSSR count). The molecule has 0 heterocycles. The molecule has 0 saturated heterocycles. The van der Waals surface area contributed by atoms with Crippen molar-refractivity contribution in [2.45, 2.75) is 19.4 Å². The van der Waals surface area contributed by atoms with Gasteiger partial charge in [0.1, 0.15) is 11.6 Å². The molecular weight excluding hydrogens is 200 g/mol. The highest BCUT2D eigenvalue weighted by Crippen LogP contribution is 2.20. The Balaban J connectivity index is 2.85. The number of aliphatic hydroxyl groups is 1. The first kappa shape index (κ1) is 12.1. The maximum atomic E-state index is 13.4. The van der Waals surface area contributed by atoms with Gasteiger partial charge in [0.25, 0.3) is 0 Å². The third kappa shape index (κ3) is 3.25. The minimum Gasteiger partial charge on any atom is -0.395 e. The van der Waals surface area contributed by atoms with Gasteiger partial charge in [0.15, 0.2) is 0 Å². The Kier molecular flexibility index (Phi) is 4.65. The molecule has 4 heteroatoms. The molecule has 0 fully saturated rings. The number of benzene rings is 1. The van der Waals surface area contributed by atoms with Gasteiger partial charge in [-0.3, -0.25) is 0 Å². The van der Waals surface area contributed by atoms with Gasteiger partial charge >= 0.3 is 0 Å². The van der Waals surface area contributed by atoms with Crippen LogP contribution in [0.5, 0.6) is 0 Å². The summed E-state index contributed by atoms with van der Waals surface area (Å²) in [6.07, 6.45) is 0.639. The predicted molar refractivity (Wildman–Crippen MR) is 54.5 cm³/mol. The van der Waals surface area contributed by atoms with Crippen LogP contribution in [0.3, 0.4) is 0 Å². The molecule has 1 atom stereocenters. The lowest BCUT2D eigenvalue weighted by Gasteiger charge is -2.17. The van der Waals surface area contributed by atoms with Crippen molar-refractivity contribution in [3.8, 4) is 0 Å². The van der Waals surface area contributed by atoms with Gasteiger partial charge in [-0.1, -0.05) is 6.92 Å². The Bertz CT molecular complexity index is 317. The number of hydrogen-bond donors (Lipinski definition) is 2. The van der Waals surface area contributed by atoms with E-state index in [0.717, 1.165) is 12.1 Å². The van der Waals surface area contributed by atoms with E-state index in [1.807, 2.05) is 6.92 Å². The maximum absolute atomic E-state index is 13.4. The summed E-state index contributed by atoms with van der Waals surface area (Å²) in [5.74, 6) is -0.871. The van der Waals surface area contributed by atoms with E-state index in [1.54, 1.807) is 0 Å². The third-order valence-electron chi connectivity index (χ3n) is 2.24. The summed E-state index contributed by atoms with van der Waals surface area (Å²) in [5.41, 5.74) is 0.311. The number of halogens is 2. The molecule has 0 saturated carbocycles.